The van der Waals surface area contributed by atoms with Crippen LogP contribution in [0.3, 0.4) is 0 Å². The van der Waals surface area contributed by atoms with Crippen molar-refractivity contribution in [1.29, 1.82) is 0 Å². The summed E-state index contributed by atoms with van der Waals surface area (Å²) >= 11 is 0. The Morgan fingerprint density at radius 3 is 2.54 bits per heavy atom. The van der Waals surface area contributed by atoms with Crippen molar-refractivity contribution < 1.29 is 28.7 Å². The number of urea groups is 2. The number of imide groups is 2. The second kappa shape index (κ2) is 8.57. The van der Waals surface area contributed by atoms with Gasteiger partial charge in [0.1, 0.15) is 12.1 Å². The molecule has 1 aliphatic heterocycles. The van der Waals surface area contributed by atoms with Crippen molar-refractivity contribution in [3.63, 3.8) is 0 Å². The number of ether oxygens (including phenoxy) is 1. The first-order valence-electron chi connectivity index (χ1n) is 9.51. The molecule has 10 nitrogen and oxygen atoms in total. The minimum absolute atomic E-state index is 0.0251. The molecule has 1 heterocycles. The maximum atomic E-state index is 12.8. The monoisotopic (exact) mass is 396 g/mol. The van der Waals surface area contributed by atoms with Gasteiger partial charge in [0.2, 0.25) is 0 Å². The van der Waals surface area contributed by atoms with E-state index in [1.54, 1.807) is 13.8 Å². The van der Waals surface area contributed by atoms with E-state index in [4.69, 9.17) is 4.74 Å². The molecule has 1 spiro atoms. The van der Waals surface area contributed by atoms with Gasteiger partial charge in [-0.3, -0.25) is 24.6 Å². The Hall–Kier alpha value is -2.65. The van der Waals surface area contributed by atoms with Crippen LogP contribution in [0.4, 0.5) is 9.59 Å². The van der Waals surface area contributed by atoms with Crippen LogP contribution in [0.1, 0.15) is 53.4 Å². The third kappa shape index (κ3) is 4.60. The van der Waals surface area contributed by atoms with E-state index in [-0.39, 0.29) is 12.0 Å². The molecule has 6 amide bonds. The maximum absolute atomic E-state index is 12.8. The van der Waals surface area contributed by atoms with Crippen LogP contribution >= 0.6 is 0 Å². The Morgan fingerprint density at radius 1 is 1.25 bits per heavy atom. The molecule has 3 N–H and O–H groups in total. The first-order valence-corrected chi connectivity index (χ1v) is 9.51. The minimum Gasteiger partial charge on any atom is -0.451 e. The van der Waals surface area contributed by atoms with E-state index in [1.165, 1.54) is 6.92 Å². The summed E-state index contributed by atoms with van der Waals surface area (Å²) in [5, 5.41) is 7.27. The summed E-state index contributed by atoms with van der Waals surface area (Å²) < 4.78 is 4.97. The molecule has 2 fully saturated rings. The second-order valence-electron chi connectivity index (χ2n) is 7.69. The highest BCUT2D eigenvalue weighted by molar-refractivity contribution is 6.09. The van der Waals surface area contributed by atoms with E-state index in [1.807, 2.05) is 6.92 Å². The molecule has 0 aromatic rings. The van der Waals surface area contributed by atoms with Crippen LogP contribution < -0.4 is 16.0 Å². The van der Waals surface area contributed by atoms with Crippen LogP contribution in [0.5, 0.6) is 0 Å². The number of esters is 1. The molecular weight excluding hydrogens is 368 g/mol. The molecule has 0 aromatic heterocycles. The smallest absolute Gasteiger partial charge is 0.327 e. The lowest BCUT2D eigenvalue weighted by Gasteiger charge is -2.36. The zero-order chi connectivity index (χ0) is 21.1. The number of nitrogens with zero attached hydrogens (tertiary/aromatic N) is 1. The highest BCUT2D eigenvalue weighted by Gasteiger charge is 2.55. The summed E-state index contributed by atoms with van der Waals surface area (Å²) in [4.78, 5) is 61.5. The predicted molar refractivity (Wildman–Crippen MR) is 98.0 cm³/mol. The molecule has 1 aliphatic carbocycles. The Kier molecular flexibility index (Phi) is 6.63. The largest absolute Gasteiger partial charge is 0.451 e. The molecular formula is C18H28N4O6. The van der Waals surface area contributed by atoms with Crippen molar-refractivity contribution in [2.24, 2.45) is 5.92 Å². The number of rotatable bonds is 5. The SMILES string of the molecule is CC(C)NC(=O)NC(=O)[C@H](C)OC(=O)CN1C(=O)N[C@]2(CCCC[C@H]2C)C1=O. The van der Waals surface area contributed by atoms with Gasteiger partial charge in [0, 0.05) is 6.04 Å². The van der Waals surface area contributed by atoms with Crippen molar-refractivity contribution in [3.05, 3.63) is 0 Å². The molecule has 0 aromatic carbocycles. The number of hydrogen-bond acceptors (Lipinski definition) is 6. The summed E-state index contributed by atoms with van der Waals surface area (Å²) in [5.41, 5.74) is -0.965. The topological polar surface area (TPSA) is 134 Å². The summed E-state index contributed by atoms with van der Waals surface area (Å²) in [6, 6.07) is -1.51. The lowest BCUT2D eigenvalue weighted by atomic mass is 9.73. The summed E-state index contributed by atoms with van der Waals surface area (Å²) in [6.45, 7) is 6.08. The van der Waals surface area contributed by atoms with Gasteiger partial charge in [-0.2, -0.15) is 0 Å². The second-order valence-corrected chi connectivity index (χ2v) is 7.69. The van der Waals surface area contributed by atoms with E-state index in [2.05, 4.69) is 16.0 Å². The van der Waals surface area contributed by atoms with Crippen LogP contribution in [0.15, 0.2) is 0 Å². The number of amides is 6. The average molecular weight is 396 g/mol. The van der Waals surface area contributed by atoms with E-state index >= 15 is 0 Å². The predicted octanol–water partition coefficient (Wildman–Crippen LogP) is 0.653. The quantitative estimate of drug-likeness (QED) is 0.461. The van der Waals surface area contributed by atoms with Crippen molar-refractivity contribution >= 4 is 29.8 Å². The Bertz CT molecular complexity index is 679. The molecule has 0 unspecified atom stereocenters. The van der Waals surface area contributed by atoms with Gasteiger partial charge in [-0.05, 0) is 39.5 Å². The number of nitrogens with one attached hydrogen (secondary N) is 3. The Labute approximate surface area is 163 Å². The fourth-order valence-electron chi connectivity index (χ4n) is 3.57. The zero-order valence-corrected chi connectivity index (χ0v) is 16.7. The molecule has 156 valence electrons. The minimum atomic E-state index is -1.26. The van der Waals surface area contributed by atoms with Crippen LogP contribution in [-0.2, 0) is 19.1 Å². The van der Waals surface area contributed by atoms with Crippen LogP contribution in [0.25, 0.3) is 0 Å². The van der Waals surface area contributed by atoms with Gasteiger partial charge in [-0.1, -0.05) is 19.8 Å². The number of hydrogen-bond donors (Lipinski definition) is 3. The van der Waals surface area contributed by atoms with Gasteiger partial charge in [-0.25, -0.2) is 9.59 Å². The fourth-order valence-corrected chi connectivity index (χ4v) is 3.57. The van der Waals surface area contributed by atoms with Crippen molar-refractivity contribution in [2.75, 3.05) is 6.54 Å². The fraction of sp³-hybridized carbons (Fsp3) is 0.722. The molecule has 3 atom stereocenters. The lowest BCUT2D eigenvalue weighted by Crippen LogP contribution is -2.54. The van der Waals surface area contributed by atoms with Gasteiger partial charge >= 0.3 is 18.0 Å². The Balaban J connectivity index is 1.92. The van der Waals surface area contributed by atoms with Gasteiger partial charge in [0.25, 0.3) is 11.8 Å². The van der Waals surface area contributed by atoms with E-state index in [0.29, 0.717) is 6.42 Å². The third-order valence-corrected chi connectivity index (χ3v) is 5.12. The molecule has 2 rings (SSSR count). The first-order chi connectivity index (χ1) is 13.1. The number of carbonyl (C=O) groups excluding carboxylic acids is 5. The van der Waals surface area contributed by atoms with E-state index in [9.17, 15) is 24.0 Å². The van der Waals surface area contributed by atoms with Crippen molar-refractivity contribution in [3.8, 4) is 0 Å². The van der Waals surface area contributed by atoms with Gasteiger partial charge in [0.05, 0.1) is 0 Å². The molecule has 1 saturated heterocycles. The van der Waals surface area contributed by atoms with Gasteiger partial charge in [-0.15, -0.1) is 0 Å². The van der Waals surface area contributed by atoms with E-state index in [0.717, 1.165) is 24.2 Å². The lowest BCUT2D eigenvalue weighted by molar-refractivity contribution is -0.156. The molecule has 10 heteroatoms. The van der Waals surface area contributed by atoms with Crippen LogP contribution in [0.2, 0.25) is 0 Å². The Morgan fingerprint density at radius 2 is 1.93 bits per heavy atom. The highest BCUT2D eigenvalue weighted by Crippen LogP contribution is 2.38. The summed E-state index contributed by atoms with van der Waals surface area (Å²) in [7, 11) is 0. The summed E-state index contributed by atoms with van der Waals surface area (Å²) in [5.74, 6) is -2.17. The molecule has 0 bridgehead atoms. The van der Waals surface area contributed by atoms with Crippen LogP contribution in [0, 0.1) is 5.92 Å². The third-order valence-electron chi connectivity index (χ3n) is 5.12. The molecule has 1 saturated carbocycles. The highest BCUT2D eigenvalue weighted by atomic mass is 16.5. The average Bonchev–Trinajstić information content (AvgIpc) is 2.81. The maximum Gasteiger partial charge on any atom is 0.327 e. The molecule has 28 heavy (non-hydrogen) atoms. The van der Waals surface area contributed by atoms with Crippen LogP contribution in [-0.4, -0.2) is 59.0 Å². The first kappa shape index (κ1) is 21.6. The van der Waals surface area contributed by atoms with E-state index < -0.39 is 48.0 Å². The zero-order valence-electron chi connectivity index (χ0n) is 16.7. The standard InChI is InChI=1S/C18H28N4O6/c1-10(2)19-16(26)20-14(24)12(4)28-13(23)9-22-15(25)18(21-17(22)27)8-6-5-7-11(18)3/h10-12H,5-9H2,1-4H3,(H,21,27)(H2,19,20,24,26)/t11-,12+,18+/m1/s1. The summed E-state index contributed by atoms with van der Waals surface area (Å²) in [6.07, 6.45) is 1.91. The van der Waals surface area contributed by atoms with Gasteiger partial charge in [0.15, 0.2) is 6.10 Å². The van der Waals surface area contributed by atoms with Gasteiger partial charge < -0.3 is 15.4 Å². The number of carbonyl (C=O) groups is 5. The van der Waals surface area contributed by atoms with Crippen molar-refractivity contribution in [1.82, 2.24) is 20.9 Å². The normalized spacial score (nSPS) is 25.5. The molecule has 0 radical (unpaired) electrons. The van der Waals surface area contributed by atoms with Crippen molar-refractivity contribution in [2.45, 2.75) is 71.1 Å². The molecule has 2 aliphatic rings.